The van der Waals surface area contributed by atoms with Gasteiger partial charge in [0.25, 0.3) is 0 Å². The van der Waals surface area contributed by atoms with E-state index in [0.717, 1.165) is 18.8 Å². The van der Waals surface area contributed by atoms with Gasteiger partial charge in [-0.15, -0.1) is 0 Å². The summed E-state index contributed by atoms with van der Waals surface area (Å²) in [6, 6.07) is 7.36. The number of Topliss-reactive ketones (excluding diaryl/α,β-unsaturated/α-hetero) is 1. The van der Waals surface area contributed by atoms with Crippen molar-refractivity contribution in [1.82, 2.24) is 4.90 Å². The number of hydrogen-bond donors (Lipinski definition) is 1. The molecular weight excluding hydrogens is 248 g/mol. The number of ether oxygens (including phenoxy) is 1. The van der Waals surface area contributed by atoms with Crippen LogP contribution in [0.3, 0.4) is 0 Å². The maximum atomic E-state index is 11.3. The van der Waals surface area contributed by atoms with E-state index < -0.39 is 0 Å². The second-order valence-corrected chi connectivity index (χ2v) is 4.55. The Balaban J connectivity index is 2.02. The molecule has 0 radical (unpaired) electrons. The lowest BCUT2D eigenvalue weighted by Crippen LogP contribution is -2.42. The number of rotatable bonds is 2. The maximum Gasteiger partial charge on any atom is 0.173 e. The van der Waals surface area contributed by atoms with Crippen molar-refractivity contribution in [3.8, 4) is 0 Å². The summed E-state index contributed by atoms with van der Waals surface area (Å²) < 4.78 is 5.28. The van der Waals surface area contributed by atoms with Crippen molar-refractivity contribution in [2.75, 3.05) is 31.6 Å². The largest absolute Gasteiger partial charge is 0.378 e. The number of anilines is 1. The fourth-order valence-corrected chi connectivity index (χ4v) is 2.09. The summed E-state index contributed by atoms with van der Waals surface area (Å²) in [5.74, 6) is 0.0518. The Morgan fingerprint density at radius 1 is 1.39 bits per heavy atom. The van der Waals surface area contributed by atoms with Crippen molar-refractivity contribution in [3.63, 3.8) is 0 Å². The number of carbonyl (C=O) groups excluding carboxylic acids is 1. The highest BCUT2D eigenvalue weighted by molar-refractivity contribution is 7.80. The van der Waals surface area contributed by atoms with Crippen molar-refractivity contribution in [2.45, 2.75) is 6.92 Å². The van der Waals surface area contributed by atoms with Gasteiger partial charge in [0.2, 0.25) is 0 Å². The quantitative estimate of drug-likeness (QED) is 0.653. The van der Waals surface area contributed by atoms with E-state index in [2.05, 4.69) is 10.2 Å². The van der Waals surface area contributed by atoms with E-state index in [1.54, 1.807) is 13.0 Å². The molecule has 18 heavy (non-hydrogen) atoms. The van der Waals surface area contributed by atoms with Crippen molar-refractivity contribution in [2.24, 2.45) is 0 Å². The molecule has 1 aromatic rings. The minimum Gasteiger partial charge on any atom is -0.378 e. The summed E-state index contributed by atoms with van der Waals surface area (Å²) in [5.41, 5.74) is 1.53. The first-order valence-corrected chi connectivity index (χ1v) is 6.32. The highest BCUT2D eigenvalue weighted by Crippen LogP contribution is 2.12. The second kappa shape index (κ2) is 5.93. The Kier molecular flexibility index (Phi) is 4.28. The number of ketones is 1. The molecule has 0 saturated carbocycles. The van der Waals surface area contributed by atoms with E-state index in [9.17, 15) is 4.79 Å². The van der Waals surface area contributed by atoms with Crippen LogP contribution in [-0.2, 0) is 4.74 Å². The summed E-state index contributed by atoms with van der Waals surface area (Å²) in [6.45, 7) is 4.57. The van der Waals surface area contributed by atoms with Gasteiger partial charge in [-0.05, 0) is 31.3 Å². The van der Waals surface area contributed by atoms with Gasteiger partial charge in [-0.1, -0.05) is 12.1 Å². The number of benzene rings is 1. The molecular formula is C13H16N2O2S. The monoisotopic (exact) mass is 264 g/mol. The molecule has 1 aliphatic heterocycles. The second-order valence-electron chi connectivity index (χ2n) is 4.17. The number of morpholine rings is 1. The molecule has 1 saturated heterocycles. The molecule has 1 aliphatic rings. The van der Waals surface area contributed by atoms with Crippen LogP contribution in [0.5, 0.6) is 0 Å². The minimum atomic E-state index is 0.0518. The summed E-state index contributed by atoms with van der Waals surface area (Å²) in [6.07, 6.45) is 0. The number of hydrogen-bond acceptors (Lipinski definition) is 3. The van der Waals surface area contributed by atoms with E-state index >= 15 is 0 Å². The molecule has 1 aromatic carbocycles. The van der Waals surface area contributed by atoms with Crippen LogP contribution in [0.1, 0.15) is 17.3 Å². The predicted octanol–water partition coefficient (Wildman–Crippen LogP) is 1.92. The molecule has 1 N–H and O–H groups in total. The number of carbonyl (C=O) groups is 1. The van der Waals surface area contributed by atoms with Gasteiger partial charge in [0.15, 0.2) is 10.9 Å². The van der Waals surface area contributed by atoms with Gasteiger partial charge in [-0.25, -0.2) is 0 Å². The average Bonchev–Trinajstić information content (AvgIpc) is 2.40. The number of nitrogens with zero attached hydrogens (tertiary/aromatic N) is 1. The van der Waals surface area contributed by atoms with Crippen LogP contribution in [0.15, 0.2) is 24.3 Å². The Bertz CT molecular complexity index is 456. The summed E-state index contributed by atoms with van der Waals surface area (Å²) in [7, 11) is 0. The molecule has 0 bridgehead atoms. The zero-order valence-corrected chi connectivity index (χ0v) is 11.1. The molecule has 0 unspecified atom stereocenters. The van der Waals surface area contributed by atoms with Gasteiger partial charge < -0.3 is 15.0 Å². The lowest BCUT2D eigenvalue weighted by atomic mass is 10.1. The standard InChI is InChI=1S/C13H16N2O2S/c1-10(16)11-3-2-4-12(9-11)14-13(18)15-5-7-17-8-6-15/h2-4,9H,5-8H2,1H3,(H,14,18). The Morgan fingerprint density at radius 3 is 2.78 bits per heavy atom. The molecule has 0 spiro atoms. The van der Waals surface area contributed by atoms with Gasteiger partial charge in [0.05, 0.1) is 13.2 Å². The molecule has 2 rings (SSSR count). The summed E-state index contributed by atoms with van der Waals surface area (Å²) >= 11 is 5.34. The van der Waals surface area contributed by atoms with E-state index in [1.807, 2.05) is 18.2 Å². The smallest absolute Gasteiger partial charge is 0.173 e. The van der Waals surface area contributed by atoms with E-state index in [4.69, 9.17) is 17.0 Å². The first kappa shape index (κ1) is 13.0. The Labute approximate surface area is 112 Å². The van der Waals surface area contributed by atoms with Crippen molar-refractivity contribution in [3.05, 3.63) is 29.8 Å². The van der Waals surface area contributed by atoms with E-state index in [-0.39, 0.29) is 5.78 Å². The third-order valence-corrected chi connectivity index (χ3v) is 3.18. The average molecular weight is 264 g/mol. The summed E-state index contributed by atoms with van der Waals surface area (Å²) in [5, 5.41) is 3.84. The Morgan fingerprint density at radius 2 is 2.11 bits per heavy atom. The first-order chi connectivity index (χ1) is 8.66. The van der Waals surface area contributed by atoms with Crippen LogP contribution in [0.25, 0.3) is 0 Å². The predicted molar refractivity (Wildman–Crippen MR) is 75.1 cm³/mol. The molecule has 0 amide bonds. The van der Waals surface area contributed by atoms with Gasteiger partial charge in [-0.2, -0.15) is 0 Å². The topological polar surface area (TPSA) is 41.6 Å². The Hall–Kier alpha value is -1.46. The highest BCUT2D eigenvalue weighted by atomic mass is 32.1. The lowest BCUT2D eigenvalue weighted by Gasteiger charge is -2.29. The van der Waals surface area contributed by atoms with Crippen LogP contribution in [-0.4, -0.2) is 42.1 Å². The SMILES string of the molecule is CC(=O)c1cccc(NC(=S)N2CCOCC2)c1. The lowest BCUT2D eigenvalue weighted by molar-refractivity contribution is 0.0690. The number of thiocarbonyl (C=S) groups is 1. The van der Waals surface area contributed by atoms with Crippen LogP contribution in [0.2, 0.25) is 0 Å². The van der Waals surface area contributed by atoms with Crippen LogP contribution >= 0.6 is 12.2 Å². The van der Waals surface area contributed by atoms with E-state index in [1.165, 1.54) is 0 Å². The zero-order chi connectivity index (χ0) is 13.0. The fraction of sp³-hybridized carbons (Fsp3) is 0.385. The summed E-state index contributed by atoms with van der Waals surface area (Å²) in [4.78, 5) is 13.4. The first-order valence-electron chi connectivity index (χ1n) is 5.91. The molecule has 0 atom stereocenters. The van der Waals surface area contributed by atoms with Gasteiger partial charge in [0, 0.05) is 24.3 Å². The maximum absolute atomic E-state index is 11.3. The molecule has 4 nitrogen and oxygen atoms in total. The fourth-order valence-electron chi connectivity index (χ4n) is 1.78. The van der Waals surface area contributed by atoms with Gasteiger partial charge in [0.1, 0.15) is 0 Å². The third kappa shape index (κ3) is 3.27. The zero-order valence-electron chi connectivity index (χ0n) is 10.3. The molecule has 96 valence electrons. The normalized spacial score (nSPS) is 15.3. The van der Waals surface area contributed by atoms with Crippen LogP contribution in [0, 0.1) is 0 Å². The van der Waals surface area contributed by atoms with Gasteiger partial charge >= 0.3 is 0 Å². The number of nitrogens with one attached hydrogen (secondary N) is 1. The third-order valence-electron chi connectivity index (χ3n) is 2.82. The molecule has 0 aromatic heterocycles. The van der Waals surface area contributed by atoms with Crippen molar-refractivity contribution in [1.29, 1.82) is 0 Å². The highest BCUT2D eigenvalue weighted by Gasteiger charge is 2.13. The molecule has 1 heterocycles. The minimum absolute atomic E-state index is 0.0518. The molecule has 5 heteroatoms. The molecule has 1 fully saturated rings. The van der Waals surface area contributed by atoms with Crippen LogP contribution in [0.4, 0.5) is 5.69 Å². The molecule has 0 aliphatic carbocycles. The van der Waals surface area contributed by atoms with Crippen LogP contribution < -0.4 is 5.32 Å². The van der Waals surface area contributed by atoms with E-state index in [0.29, 0.717) is 23.9 Å². The van der Waals surface area contributed by atoms with Crippen molar-refractivity contribution >= 4 is 28.8 Å². The van der Waals surface area contributed by atoms with Gasteiger partial charge in [-0.3, -0.25) is 4.79 Å². The van der Waals surface area contributed by atoms with Crippen molar-refractivity contribution < 1.29 is 9.53 Å².